The molecule has 0 aromatic rings. The molecule has 0 aliphatic heterocycles. The van der Waals surface area contributed by atoms with Crippen LogP contribution in [-0.4, -0.2) is 31.6 Å². The molecule has 5 nitrogen and oxygen atoms in total. The van der Waals surface area contributed by atoms with E-state index in [1.807, 2.05) is 7.05 Å². The van der Waals surface area contributed by atoms with Crippen molar-refractivity contribution in [2.75, 3.05) is 13.6 Å². The van der Waals surface area contributed by atoms with Gasteiger partial charge < -0.3 is 10.1 Å². The lowest BCUT2D eigenvalue weighted by molar-refractivity contribution is -0.183. The number of ether oxygens (including phenoxy) is 1. The fourth-order valence-electron chi connectivity index (χ4n) is 4.26. The molecule has 216 valence electrons. The number of rotatable bonds is 27. The Bertz CT molecular complexity index is 580. The van der Waals surface area contributed by atoms with E-state index >= 15 is 0 Å². The average Bonchev–Trinajstić information content (AvgIpc) is 2.90. The SMILES string of the molecule is CCCCCCCCCC(C/C=C/CCCCC/C=C\CCCCCC(=O)OF)OC(=O)CCCNC. The van der Waals surface area contributed by atoms with E-state index < -0.39 is 5.97 Å². The first-order chi connectivity index (χ1) is 18.1. The highest BCUT2D eigenvalue weighted by Gasteiger charge is 2.13. The van der Waals surface area contributed by atoms with Crippen molar-refractivity contribution in [3.8, 4) is 0 Å². The quantitative estimate of drug-likeness (QED) is 0.0659. The van der Waals surface area contributed by atoms with Crippen molar-refractivity contribution < 1.29 is 23.8 Å². The maximum absolute atomic E-state index is 12.2. The Morgan fingerprint density at radius 1 is 0.703 bits per heavy atom. The van der Waals surface area contributed by atoms with Crippen molar-refractivity contribution in [1.82, 2.24) is 5.32 Å². The van der Waals surface area contributed by atoms with Crippen molar-refractivity contribution in [1.29, 1.82) is 0 Å². The second-order valence-electron chi connectivity index (χ2n) is 10.1. The van der Waals surface area contributed by atoms with E-state index in [-0.39, 0.29) is 18.5 Å². The van der Waals surface area contributed by atoms with Gasteiger partial charge in [0.25, 0.3) is 0 Å². The van der Waals surface area contributed by atoms with Crippen molar-refractivity contribution in [2.45, 2.75) is 148 Å². The van der Waals surface area contributed by atoms with E-state index in [0.717, 1.165) is 64.3 Å². The second-order valence-corrected chi connectivity index (χ2v) is 10.1. The van der Waals surface area contributed by atoms with E-state index in [9.17, 15) is 14.1 Å². The molecule has 0 heterocycles. The summed E-state index contributed by atoms with van der Waals surface area (Å²) in [6.45, 7) is 3.09. The molecule has 0 aliphatic rings. The third-order valence-corrected chi connectivity index (χ3v) is 6.55. The van der Waals surface area contributed by atoms with Gasteiger partial charge in [-0.15, -0.1) is 0 Å². The van der Waals surface area contributed by atoms with Gasteiger partial charge in [-0.3, -0.25) is 9.74 Å². The second kappa shape index (κ2) is 28.9. The van der Waals surface area contributed by atoms with Crippen LogP contribution in [0.15, 0.2) is 24.3 Å². The Morgan fingerprint density at radius 3 is 1.86 bits per heavy atom. The first-order valence-electron chi connectivity index (χ1n) is 15.1. The number of nitrogens with one attached hydrogen (secondary N) is 1. The number of allylic oxidation sites excluding steroid dienone is 3. The zero-order valence-electron chi connectivity index (χ0n) is 24.0. The van der Waals surface area contributed by atoms with Gasteiger partial charge in [-0.05, 0) is 77.8 Å². The number of unbranched alkanes of at least 4 members (excludes halogenated alkanes) is 13. The van der Waals surface area contributed by atoms with Gasteiger partial charge in [-0.25, -0.2) is 4.79 Å². The molecule has 0 aromatic carbocycles. The van der Waals surface area contributed by atoms with Crippen molar-refractivity contribution in [2.24, 2.45) is 0 Å². The number of hydrogen-bond acceptors (Lipinski definition) is 5. The van der Waals surface area contributed by atoms with Crippen LogP contribution in [0, 0.1) is 0 Å². The first kappa shape index (κ1) is 35.3. The largest absolute Gasteiger partial charge is 0.462 e. The maximum Gasteiger partial charge on any atom is 0.348 e. The van der Waals surface area contributed by atoms with Crippen LogP contribution >= 0.6 is 0 Å². The lowest BCUT2D eigenvalue weighted by atomic mass is 10.0. The Kier molecular flexibility index (Phi) is 27.6. The van der Waals surface area contributed by atoms with E-state index in [4.69, 9.17) is 4.74 Å². The third kappa shape index (κ3) is 27.2. The molecule has 0 spiro atoms. The molecule has 0 rings (SSSR count). The number of hydrogen-bond donors (Lipinski definition) is 1. The lowest BCUT2D eigenvalue weighted by Gasteiger charge is -2.16. The molecular formula is C31H56FNO4. The molecule has 0 radical (unpaired) electrons. The molecule has 0 bridgehead atoms. The number of halogens is 1. The van der Waals surface area contributed by atoms with Crippen molar-refractivity contribution in [3.63, 3.8) is 0 Å². The molecule has 6 heteroatoms. The summed E-state index contributed by atoms with van der Waals surface area (Å²) in [5, 5.41) is 3.08. The van der Waals surface area contributed by atoms with Gasteiger partial charge >= 0.3 is 11.9 Å². The third-order valence-electron chi connectivity index (χ3n) is 6.55. The summed E-state index contributed by atoms with van der Waals surface area (Å²) in [4.78, 5) is 26.1. The highest BCUT2D eigenvalue weighted by atomic mass is 19.3. The van der Waals surface area contributed by atoms with Crippen LogP contribution in [0.5, 0.6) is 0 Å². The van der Waals surface area contributed by atoms with Gasteiger partial charge in [0, 0.05) is 23.8 Å². The standard InChI is InChI=1S/C31H56FNO4/c1-3-4-5-6-14-17-20-24-29(36-30(34)27-23-28-33-2)25-21-18-15-12-10-8-7-9-11-13-16-19-22-26-31(35)37-32/h9,11,18,21,29,33H,3-8,10,12-17,19-20,22-28H2,1-2H3/b11-9-,21-18+. The van der Waals surface area contributed by atoms with E-state index in [2.05, 4.69) is 41.5 Å². The lowest BCUT2D eigenvalue weighted by Crippen LogP contribution is -2.19. The van der Waals surface area contributed by atoms with Gasteiger partial charge in [0.05, 0.1) is 0 Å². The van der Waals surface area contributed by atoms with E-state index in [0.29, 0.717) is 12.8 Å². The molecule has 0 saturated carbocycles. The zero-order valence-corrected chi connectivity index (χ0v) is 24.0. The minimum absolute atomic E-state index is 0.0108. The monoisotopic (exact) mass is 525 g/mol. The molecule has 0 fully saturated rings. The zero-order chi connectivity index (χ0) is 27.2. The summed E-state index contributed by atoms with van der Waals surface area (Å²) in [5.41, 5.74) is 0. The van der Waals surface area contributed by atoms with Crippen LogP contribution in [-0.2, 0) is 19.3 Å². The number of carbonyl (C=O) groups is 2. The van der Waals surface area contributed by atoms with E-state index in [1.54, 1.807) is 0 Å². The fourth-order valence-corrected chi connectivity index (χ4v) is 4.26. The van der Waals surface area contributed by atoms with Gasteiger partial charge in [-0.1, -0.05) is 82.6 Å². The molecule has 0 saturated heterocycles. The molecule has 0 amide bonds. The normalized spacial score (nSPS) is 12.4. The van der Waals surface area contributed by atoms with Crippen molar-refractivity contribution in [3.05, 3.63) is 24.3 Å². The molecule has 0 aliphatic carbocycles. The molecule has 37 heavy (non-hydrogen) atoms. The molecule has 1 atom stereocenters. The Labute approximate surface area is 226 Å². The number of carbonyl (C=O) groups excluding carboxylic acids is 2. The minimum atomic E-state index is -0.770. The highest BCUT2D eigenvalue weighted by molar-refractivity contribution is 5.69. The van der Waals surface area contributed by atoms with Crippen LogP contribution < -0.4 is 5.32 Å². The van der Waals surface area contributed by atoms with Gasteiger partial charge in [0.2, 0.25) is 0 Å². The summed E-state index contributed by atoms with van der Waals surface area (Å²) in [6, 6.07) is 0. The van der Waals surface area contributed by atoms with Crippen LogP contribution in [0.3, 0.4) is 0 Å². The van der Waals surface area contributed by atoms with Crippen LogP contribution in [0.1, 0.15) is 142 Å². The summed E-state index contributed by atoms with van der Waals surface area (Å²) < 4.78 is 17.4. The highest BCUT2D eigenvalue weighted by Crippen LogP contribution is 2.15. The van der Waals surface area contributed by atoms with Crippen LogP contribution in [0.4, 0.5) is 4.53 Å². The summed E-state index contributed by atoms with van der Waals surface area (Å²) in [6.07, 6.45) is 30.5. The molecule has 0 aromatic heterocycles. The van der Waals surface area contributed by atoms with Gasteiger partial charge in [0.1, 0.15) is 6.10 Å². The average molecular weight is 526 g/mol. The Morgan fingerprint density at radius 2 is 1.24 bits per heavy atom. The van der Waals surface area contributed by atoms with Gasteiger partial charge in [-0.2, -0.15) is 0 Å². The van der Waals surface area contributed by atoms with Gasteiger partial charge in [0.15, 0.2) is 0 Å². The fraction of sp³-hybridized carbons (Fsp3) is 0.806. The summed E-state index contributed by atoms with van der Waals surface area (Å²) >= 11 is 0. The molecule has 1 unspecified atom stereocenters. The predicted octanol–water partition coefficient (Wildman–Crippen LogP) is 8.87. The molecule has 1 N–H and O–H groups in total. The van der Waals surface area contributed by atoms with E-state index in [1.165, 1.54) is 57.8 Å². The minimum Gasteiger partial charge on any atom is -0.462 e. The van der Waals surface area contributed by atoms with Crippen LogP contribution in [0.2, 0.25) is 0 Å². The Balaban J connectivity index is 3.95. The smallest absolute Gasteiger partial charge is 0.348 e. The summed E-state index contributed by atoms with van der Waals surface area (Å²) in [5.74, 6) is -0.834. The van der Waals surface area contributed by atoms with Crippen molar-refractivity contribution >= 4 is 11.9 Å². The number of esters is 1. The Hall–Kier alpha value is -1.69. The predicted molar refractivity (Wildman–Crippen MR) is 152 cm³/mol. The topological polar surface area (TPSA) is 64.6 Å². The molecular weight excluding hydrogens is 469 g/mol. The van der Waals surface area contributed by atoms with Crippen LogP contribution in [0.25, 0.3) is 0 Å². The first-order valence-corrected chi connectivity index (χ1v) is 15.1. The maximum atomic E-state index is 12.2. The summed E-state index contributed by atoms with van der Waals surface area (Å²) in [7, 11) is 1.90.